The summed E-state index contributed by atoms with van der Waals surface area (Å²) in [5, 5.41) is 2.26. The van der Waals surface area contributed by atoms with Crippen molar-refractivity contribution < 1.29 is 4.79 Å². The summed E-state index contributed by atoms with van der Waals surface area (Å²) in [6.07, 6.45) is 3.04. The van der Waals surface area contributed by atoms with Crippen molar-refractivity contribution in [3.63, 3.8) is 0 Å². The molecule has 0 spiro atoms. The molecule has 4 heteroatoms. The third-order valence-corrected chi connectivity index (χ3v) is 2.93. The summed E-state index contributed by atoms with van der Waals surface area (Å²) in [6.45, 7) is 0. The molecule has 0 aliphatic heterocycles. The second-order valence-electron chi connectivity index (χ2n) is 2.66. The minimum absolute atomic E-state index is 0.0487. The molecule has 0 radical (unpaired) electrons. The fourth-order valence-electron chi connectivity index (χ4n) is 1.10. The van der Waals surface area contributed by atoms with Crippen molar-refractivity contribution in [3.8, 4) is 0 Å². The van der Waals surface area contributed by atoms with Crippen LogP contribution in [0.15, 0.2) is 36.0 Å². The normalized spacial score (nSPS) is 10.1. The number of hydrogen-bond acceptors (Lipinski definition) is 3. The number of hydrogen-bond donors (Lipinski definition) is 0. The highest BCUT2D eigenvalue weighted by Gasteiger charge is 2.12. The average Bonchev–Trinajstić information content (AvgIpc) is 2.70. The van der Waals surface area contributed by atoms with E-state index in [-0.39, 0.29) is 5.78 Å². The molecule has 2 aromatic heterocycles. The summed E-state index contributed by atoms with van der Waals surface area (Å²) in [5.41, 5.74) is 0.504. The van der Waals surface area contributed by atoms with Crippen LogP contribution in [0, 0.1) is 0 Å². The van der Waals surface area contributed by atoms with E-state index in [0.29, 0.717) is 15.5 Å². The minimum atomic E-state index is -0.0487. The van der Waals surface area contributed by atoms with Crippen molar-refractivity contribution in [2.24, 2.45) is 0 Å². The maximum absolute atomic E-state index is 11.8. The standard InChI is InChI=1S/C10H6ClNOS/c11-8-6-12-4-3-7(8)10(13)9-2-1-5-14-9/h1-6H. The molecule has 14 heavy (non-hydrogen) atoms. The van der Waals surface area contributed by atoms with Gasteiger partial charge >= 0.3 is 0 Å². The quantitative estimate of drug-likeness (QED) is 0.733. The Bertz CT molecular complexity index is 453. The predicted octanol–water partition coefficient (Wildman–Crippen LogP) is 3.03. The number of pyridine rings is 1. The SMILES string of the molecule is O=C(c1cccs1)c1ccncc1Cl. The molecule has 0 saturated carbocycles. The van der Waals surface area contributed by atoms with Gasteiger partial charge in [0.05, 0.1) is 9.90 Å². The second kappa shape index (κ2) is 3.90. The molecule has 0 amide bonds. The Morgan fingerprint density at radius 1 is 1.43 bits per heavy atom. The highest BCUT2D eigenvalue weighted by atomic mass is 35.5. The minimum Gasteiger partial charge on any atom is -0.288 e. The van der Waals surface area contributed by atoms with Crippen molar-refractivity contribution in [2.45, 2.75) is 0 Å². The van der Waals surface area contributed by atoms with Crippen LogP contribution in [0.25, 0.3) is 0 Å². The summed E-state index contributed by atoms with van der Waals surface area (Å²) >= 11 is 7.26. The topological polar surface area (TPSA) is 30.0 Å². The lowest BCUT2D eigenvalue weighted by Crippen LogP contribution is -1.99. The van der Waals surface area contributed by atoms with Crippen molar-refractivity contribution in [1.29, 1.82) is 0 Å². The zero-order valence-electron chi connectivity index (χ0n) is 7.11. The molecule has 0 atom stereocenters. The number of nitrogens with zero attached hydrogens (tertiary/aromatic N) is 1. The van der Waals surface area contributed by atoms with Crippen molar-refractivity contribution in [2.75, 3.05) is 0 Å². The molecule has 0 fully saturated rings. The van der Waals surface area contributed by atoms with Gasteiger partial charge < -0.3 is 0 Å². The van der Waals surface area contributed by atoms with E-state index in [1.165, 1.54) is 17.5 Å². The van der Waals surface area contributed by atoms with Crippen molar-refractivity contribution >= 4 is 28.7 Å². The third-order valence-electron chi connectivity index (χ3n) is 1.76. The van der Waals surface area contributed by atoms with Gasteiger partial charge in [0, 0.05) is 18.0 Å². The van der Waals surface area contributed by atoms with E-state index in [1.807, 2.05) is 11.4 Å². The zero-order chi connectivity index (χ0) is 9.97. The lowest BCUT2D eigenvalue weighted by molar-refractivity contribution is 0.104. The van der Waals surface area contributed by atoms with E-state index in [9.17, 15) is 4.79 Å². The molecule has 0 saturated heterocycles. The molecular formula is C10H6ClNOS. The van der Waals surface area contributed by atoms with Crippen LogP contribution in [-0.2, 0) is 0 Å². The Morgan fingerprint density at radius 2 is 2.29 bits per heavy atom. The molecule has 2 heterocycles. The molecular weight excluding hydrogens is 218 g/mol. The van der Waals surface area contributed by atoms with Gasteiger partial charge in [0.1, 0.15) is 0 Å². The summed E-state index contributed by atoms with van der Waals surface area (Å²) < 4.78 is 0. The molecule has 2 aromatic rings. The Kier molecular flexibility index (Phi) is 2.61. The molecule has 0 N–H and O–H groups in total. The first kappa shape index (κ1) is 9.37. The predicted molar refractivity (Wildman–Crippen MR) is 57.0 cm³/mol. The van der Waals surface area contributed by atoms with Crippen molar-refractivity contribution in [3.05, 3.63) is 51.4 Å². The van der Waals surface area contributed by atoms with E-state index in [0.717, 1.165) is 0 Å². The van der Waals surface area contributed by atoms with Gasteiger partial charge in [0.25, 0.3) is 0 Å². The fourth-order valence-corrected chi connectivity index (χ4v) is 1.98. The monoisotopic (exact) mass is 223 g/mol. The number of aromatic nitrogens is 1. The van der Waals surface area contributed by atoms with E-state index < -0.39 is 0 Å². The van der Waals surface area contributed by atoms with Gasteiger partial charge in [0.2, 0.25) is 5.78 Å². The maximum Gasteiger partial charge on any atom is 0.204 e. The van der Waals surface area contributed by atoms with Crippen LogP contribution in [0.4, 0.5) is 0 Å². The number of ketones is 1. The van der Waals surface area contributed by atoms with Crippen LogP contribution in [0.1, 0.15) is 15.2 Å². The highest BCUT2D eigenvalue weighted by Crippen LogP contribution is 2.20. The number of halogens is 1. The fraction of sp³-hybridized carbons (Fsp3) is 0. The van der Waals surface area contributed by atoms with Crippen LogP contribution in [0.5, 0.6) is 0 Å². The van der Waals surface area contributed by atoms with E-state index >= 15 is 0 Å². The Labute approximate surface area is 90.2 Å². The molecule has 0 aliphatic rings. The number of carbonyl (C=O) groups is 1. The van der Waals surface area contributed by atoms with Gasteiger partial charge in [-0.1, -0.05) is 17.7 Å². The van der Waals surface area contributed by atoms with Crippen LogP contribution in [-0.4, -0.2) is 10.8 Å². The molecule has 2 rings (SSSR count). The van der Waals surface area contributed by atoms with E-state index in [2.05, 4.69) is 4.98 Å². The smallest absolute Gasteiger partial charge is 0.204 e. The molecule has 70 valence electrons. The largest absolute Gasteiger partial charge is 0.288 e. The van der Waals surface area contributed by atoms with Gasteiger partial charge in [-0.2, -0.15) is 0 Å². The summed E-state index contributed by atoms with van der Waals surface area (Å²) in [7, 11) is 0. The average molecular weight is 224 g/mol. The van der Waals surface area contributed by atoms with Crippen LogP contribution < -0.4 is 0 Å². The molecule has 0 aromatic carbocycles. The first-order valence-electron chi connectivity index (χ1n) is 3.97. The van der Waals surface area contributed by atoms with Crippen LogP contribution in [0.3, 0.4) is 0 Å². The van der Waals surface area contributed by atoms with Gasteiger partial charge in [-0.3, -0.25) is 9.78 Å². The first-order chi connectivity index (χ1) is 6.79. The highest BCUT2D eigenvalue weighted by molar-refractivity contribution is 7.12. The van der Waals surface area contributed by atoms with Gasteiger partial charge in [-0.05, 0) is 17.5 Å². The molecule has 0 aliphatic carbocycles. The second-order valence-corrected chi connectivity index (χ2v) is 4.02. The Morgan fingerprint density at radius 3 is 2.93 bits per heavy atom. The van der Waals surface area contributed by atoms with Crippen LogP contribution >= 0.6 is 22.9 Å². The van der Waals surface area contributed by atoms with Gasteiger partial charge in [-0.25, -0.2) is 0 Å². The lowest BCUT2D eigenvalue weighted by Gasteiger charge is -1.99. The molecule has 2 nitrogen and oxygen atoms in total. The first-order valence-corrected chi connectivity index (χ1v) is 5.22. The number of thiophene rings is 1. The van der Waals surface area contributed by atoms with Crippen LogP contribution in [0.2, 0.25) is 5.02 Å². The lowest BCUT2D eigenvalue weighted by atomic mass is 10.1. The van der Waals surface area contributed by atoms with E-state index in [1.54, 1.807) is 18.3 Å². The summed E-state index contributed by atoms with van der Waals surface area (Å²) in [4.78, 5) is 16.3. The Balaban J connectivity index is 2.42. The Hall–Kier alpha value is -1.19. The number of carbonyl (C=O) groups excluding carboxylic acids is 1. The van der Waals surface area contributed by atoms with Gasteiger partial charge in [0.15, 0.2) is 0 Å². The maximum atomic E-state index is 11.8. The molecule has 0 bridgehead atoms. The summed E-state index contributed by atoms with van der Waals surface area (Å²) in [5.74, 6) is -0.0487. The van der Waals surface area contributed by atoms with E-state index in [4.69, 9.17) is 11.6 Å². The van der Waals surface area contributed by atoms with Gasteiger partial charge in [-0.15, -0.1) is 11.3 Å². The van der Waals surface area contributed by atoms with Crippen molar-refractivity contribution in [1.82, 2.24) is 4.98 Å². The molecule has 0 unspecified atom stereocenters. The third kappa shape index (κ3) is 1.69. The summed E-state index contributed by atoms with van der Waals surface area (Å²) in [6, 6.07) is 5.25. The zero-order valence-corrected chi connectivity index (χ0v) is 8.68. The number of rotatable bonds is 2.